The average molecular weight is 391 g/mol. The molecule has 2 amide bonds. The van der Waals surface area contributed by atoms with Crippen molar-refractivity contribution in [1.29, 1.82) is 0 Å². The Morgan fingerprint density at radius 3 is 2.34 bits per heavy atom. The molecule has 146 valence electrons. The summed E-state index contributed by atoms with van der Waals surface area (Å²) in [6, 6.07) is 18.8. The first-order chi connectivity index (χ1) is 14.0. The molecule has 0 aliphatic rings. The Balaban J connectivity index is 1.61. The van der Waals surface area contributed by atoms with E-state index in [9.17, 15) is 14.0 Å². The van der Waals surface area contributed by atoms with Gasteiger partial charge >= 0.3 is 0 Å². The van der Waals surface area contributed by atoms with E-state index in [1.54, 1.807) is 49.6 Å². The SMILES string of the molecule is COc1ccc(/C=N\NC(=O)c2cccc(NC(=O)c3ccc(F)cc3)c2)cc1. The third-order valence-electron chi connectivity index (χ3n) is 3.98. The van der Waals surface area contributed by atoms with Crippen LogP contribution >= 0.6 is 0 Å². The highest BCUT2D eigenvalue weighted by Crippen LogP contribution is 2.13. The minimum atomic E-state index is -0.423. The highest BCUT2D eigenvalue weighted by molar-refractivity contribution is 6.05. The van der Waals surface area contributed by atoms with Gasteiger partial charge in [0.1, 0.15) is 11.6 Å². The van der Waals surface area contributed by atoms with Crippen LogP contribution in [0.3, 0.4) is 0 Å². The third-order valence-corrected chi connectivity index (χ3v) is 3.98. The van der Waals surface area contributed by atoms with Gasteiger partial charge in [-0.25, -0.2) is 9.82 Å². The molecule has 3 aromatic rings. The van der Waals surface area contributed by atoms with E-state index in [0.717, 1.165) is 11.3 Å². The fourth-order valence-corrected chi connectivity index (χ4v) is 2.46. The molecule has 6 nitrogen and oxygen atoms in total. The van der Waals surface area contributed by atoms with Gasteiger partial charge in [-0.2, -0.15) is 5.10 Å². The zero-order chi connectivity index (χ0) is 20.6. The van der Waals surface area contributed by atoms with Crippen LogP contribution in [-0.2, 0) is 0 Å². The van der Waals surface area contributed by atoms with Gasteiger partial charge in [-0.05, 0) is 72.3 Å². The first-order valence-corrected chi connectivity index (χ1v) is 8.69. The van der Waals surface area contributed by atoms with E-state index < -0.39 is 17.6 Å². The van der Waals surface area contributed by atoms with Crippen LogP contribution in [0.4, 0.5) is 10.1 Å². The van der Waals surface area contributed by atoms with E-state index >= 15 is 0 Å². The monoisotopic (exact) mass is 391 g/mol. The van der Waals surface area contributed by atoms with Gasteiger partial charge in [-0.1, -0.05) is 6.07 Å². The number of rotatable bonds is 6. The first kappa shape index (κ1) is 19.8. The van der Waals surface area contributed by atoms with Crippen molar-refractivity contribution < 1.29 is 18.7 Å². The molecule has 0 saturated carbocycles. The Kier molecular flexibility index (Phi) is 6.32. The molecule has 0 unspecified atom stereocenters. The average Bonchev–Trinajstić information content (AvgIpc) is 2.75. The summed E-state index contributed by atoms with van der Waals surface area (Å²) in [6.45, 7) is 0. The van der Waals surface area contributed by atoms with Crippen LogP contribution in [0.2, 0.25) is 0 Å². The van der Waals surface area contributed by atoms with Crippen molar-refractivity contribution in [2.45, 2.75) is 0 Å². The number of benzene rings is 3. The molecule has 0 atom stereocenters. The van der Waals surface area contributed by atoms with Crippen LogP contribution in [0.5, 0.6) is 5.75 Å². The minimum Gasteiger partial charge on any atom is -0.497 e. The number of hydrazone groups is 1. The molecule has 0 spiro atoms. The fraction of sp³-hybridized carbons (Fsp3) is 0.0455. The van der Waals surface area contributed by atoms with E-state index in [2.05, 4.69) is 15.8 Å². The summed E-state index contributed by atoms with van der Waals surface area (Å²) in [5, 5.41) is 6.61. The number of nitrogens with zero attached hydrogens (tertiary/aromatic N) is 1. The van der Waals surface area contributed by atoms with Gasteiger partial charge < -0.3 is 10.1 Å². The summed E-state index contributed by atoms with van der Waals surface area (Å²) < 4.78 is 18.1. The number of nitrogens with one attached hydrogen (secondary N) is 2. The Morgan fingerprint density at radius 2 is 1.66 bits per heavy atom. The number of hydrogen-bond donors (Lipinski definition) is 2. The fourth-order valence-electron chi connectivity index (χ4n) is 2.46. The number of ether oxygens (including phenoxy) is 1. The third kappa shape index (κ3) is 5.49. The molecule has 7 heteroatoms. The molecule has 0 saturated heterocycles. The lowest BCUT2D eigenvalue weighted by molar-refractivity contribution is 0.0953. The lowest BCUT2D eigenvalue weighted by atomic mass is 10.1. The van der Waals surface area contributed by atoms with Crippen LogP contribution in [0.1, 0.15) is 26.3 Å². The molecular weight excluding hydrogens is 373 g/mol. The molecule has 0 radical (unpaired) electrons. The lowest BCUT2D eigenvalue weighted by Gasteiger charge is -2.07. The molecule has 0 bridgehead atoms. The Bertz CT molecular complexity index is 1030. The number of methoxy groups -OCH3 is 1. The largest absolute Gasteiger partial charge is 0.497 e. The first-order valence-electron chi connectivity index (χ1n) is 8.69. The number of amides is 2. The highest BCUT2D eigenvalue weighted by atomic mass is 19.1. The Morgan fingerprint density at radius 1 is 0.931 bits per heavy atom. The molecule has 0 aliphatic heterocycles. The maximum atomic E-state index is 13.0. The van der Waals surface area contributed by atoms with E-state index in [1.165, 1.54) is 36.5 Å². The van der Waals surface area contributed by atoms with Crippen molar-refractivity contribution in [3.8, 4) is 5.75 Å². The smallest absolute Gasteiger partial charge is 0.271 e. The summed E-state index contributed by atoms with van der Waals surface area (Å²) in [7, 11) is 1.58. The Hall–Kier alpha value is -4.00. The van der Waals surface area contributed by atoms with Crippen LogP contribution in [0, 0.1) is 5.82 Å². The molecular formula is C22H18FN3O3. The molecule has 3 aromatic carbocycles. The molecule has 0 aliphatic carbocycles. The van der Waals surface area contributed by atoms with Crippen LogP contribution < -0.4 is 15.5 Å². The van der Waals surface area contributed by atoms with Gasteiger partial charge in [0.05, 0.1) is 13.3 Å². The van der Waals surface area contributed by atoms with Crippen LogP contribution in [0.15, 0.2) is 77.9 Å². The topological polar surface area (TPSA) is 79.8 Å². The Labute approximate surface area is 167 Å². The predicted octanol–water partition coefficient (Wildman–Crippen LogP) is 3.85. The molecule has 29 heavy (non-hydrogen) atoms. The molecule has 0 fully saturated rings. The minimum absolute atomic E-state index is 0.311. The van der Waals surface area contributed by atoms with E-state index in [1.807, 2.05) is 0 Å². The van der Waals surface area contributed by atoms with Crippen molar-refractivity contribution in [3.63, 3.8) is 0 Å². The summed E-state index contributed by atoms with van der Waals surface area (Å²) >= 11 is 0. The molecule has 3 rings (SSSR count). The second kappa shape index (κ2) is 9.27. The van der Waals surface area contributed by atoms with Crippen molar-refractivity contribution in [2.24, 2.45) is 5.10 Å². The highest BCUT2D eigenvalue weighted by Gasteiger charge is 2.09. The van der Waals surface area contributed by atoms with Crippen molar-refractivity contribution in [1.82, 2.24) is 5.43 Å². The lowest BCUT2D eigenvalue weighted by Crippen LogP contribution is -2.18. The van der Waals surface area contributed by atoms with Gasteiger partial charge in [0.15, 0.2) is 0 Å². The quantitative estimate of drug-likeness (QED) is 0.495. The van der Waals surface area contributed by atoms with E-state index in [-0.39, 0.29) is 0 Å². The number of hydrogen-bond acceptors (Lipinski definition) is 4. The molecule has 0 aromatic heterocycles. The van der Waals surface area contributed by atoms with Gasteiger partial charge in [0.2, 0.25) is 0 Å². The maximum absolute atomic E-state index is 13.0. The van der Waals surface area contributed by atoms with Crippen molar-refractivity contribution in [3.05, 3.63) is 95.3 Å². The summed E-state index contributed by atoms with van der Waals surface area (Å²) in [4.78, 5) is 24.5. The van der Waals surface area contributed by atoms with Crippen molar-refractivity contribution in [2.75, 3.05) is 12.4 Å². The second-order valence-corrected chi connectivity index (χ2v) is 6.01. The zero-order valence-corrected chi connectivity index (χ0v) is 15.6. The normalized spacial score (nSPS) is 10.6. The van der Waals surface area contributed by atoms with E-state index in [4.69, 9.17) is 4.74 Å². The number of anilines is 1. The second-order valence-electron chi connectivity index (χ2n) is 6.01. The van der Waals surface area contributed by atoms with E-state index in [0.29, 0.717) is 16.8 Å². The maximum Gasteiger partial charge on any atom is 0.271 e. The molecule has 0 heterocycles. The number of carbonyl (C=O) groups excluding carboxylic acids is 2. The summed E-state index contributed by atoms with van der Waals surface area (Å²) in [6.07, 6.45) is 1.51. The van der Waals surface area contributed by atoms with Gasteiger partial charge in [-0.15, -0.1) is 0 Å². The number of halogens is 1. The van der Waals surface area contributed by atoms with Gasteiger partial charge in [0.25, 0.3) is 11.8 Å². The molecule has 2 N–H and O–H groups in total. The van der Waals surface area contributed by atoms with Gasteiger partial charge in [-0.3, -0.25) is 9.59 Å². The predicted molar refractivity (Wildman–Crippen MR) is 109 cm³/mol. The summed E-state index contributed by atoms with van der Waals surface area (Å²) in [5.41, 5.74) is 4.31. The number of carbonyl (C=O) groups is 2. The summed E-state index contributed by atoms with van der Waals surface area (Å²) in [5.74, 6) is -0.520. The van der Waals surface area contributed by atoms with Crippen LogP contribution in [0.25, 0.3) is 0 Å². The standard InChI is InChI=1S/C22H18FN3O3/c1-29-20-11-5-15(6-12-20)14-24-26-22(28)17-3-2-4-19(13-17)25-21(27)16-7-9-18(23)10-8-16/h2-14H,1H3,(H,25,27)(H,26,28)/b24-14-. The zero-order valence-electron chi connectivity index (χ0n) is 15.6. The van der Waals surface area contributed by atoms with Crippen molar-refractivity contribution >= 4 is 23.7 Å². The van der Waals surface area contributed by atoms with Gasteiger partial charge in [0, 0.05) is 16.8 Å². The van der Waals surface area contributed by atoms with Crippen LogP contribution in [-0.4, -0.2) is 25.1 Å².